The first-order chi connectivity index (χ1) is 11.4. The molecule has 0 aromatic heterocycles. The lowest BCUT2D eigenvalue weighted by atomic mass is 10.1. The molecule has 1 aliphatic rings. The fraction of sp³-hybridized carbons (Fsp3) is 1.00. The third-order valence-corrected chi connectivity index (χ3v) is 5.02. The summed E-state index contributed by atoms with van der Waals surface area (Å²) in [5, 5.41) is 7.01. The van der Waals surface area contributed by atoms with Crippen LogP contribution in [0.2, 0.25) is 0 Å². The Morgan fingerprint density at radius 2 is 1.22 bits per heavy atom. The minimum absolute atomic E-state index is 1.16. The normalized spacial score (nSPS) is 16.0. The molecule has 1 heterocycles. The van der Waals surface area contributed by atoms with Crippen molar-refractivity contribution in [3.05, 3.63) is 0 Å². The fourth-order valence-electron chi connectivity index (χ4n) is 3.39. The number of hydrogen-bond acceptors (Lipinski definition) is 3. The monoisotopic (exact) mass is 325 g/mol. The molecule has 1 saturated heterocycles. The van der Waals surface area contributed by atoms with E-state index in [1.165, 1.54) is 116 Å². The third-order valence-electron chi connectivity index (χ3n) is 5.02. The highest BCUT2D eigenvalue weighted by molar-refractivity contribution is 4.68. The van der Waals surface area contributed by atoms with E-state index in [2.05, 4.69) is 22.5 Å². The van der Waals surface area contributed by atoms with Crippen LogP contribution < -0.4 is 10.6 Å². The van der Waals surface area contributed by atoms with E-state index < -0.39 is 0 Å². The van der Waals surface area contributed by atoms with Crippen molar-refractivity contribution in [1.82, 2.24) is 15.5 Å². The van der Waals surface area contributed by atoms with Crippen LogP contribution in [0.1, 0.15) is 84.0 Å². The zero-order valence-corrected chi connectivity index (χ0v) is 15.9. The number of rotatable bonds is 16. The van der Waals surface area contributed by atoms with Crippen LogP contribution in [0.3, 0.4) is 0 Å². The second-order valence-corrected chi connectivity index (χ2v) is 7.23. The molecule has 0 unspecified atom stereocenters. The van der Waals surface area contributed by atoms with Crippen LogP contribution in [-0.2, 0) is 0 Å². The number of piperazine rings is 1. The average molecular weight is 326 g/mol. The van der Waals surface area contributed by atoms with Gasteiger partial charge in [-0.2, -0.15) is 0 Å². The first kappa shape index (κ1) is 20.9. The van der Waals surface area contributed by atoms with Gasteiger partial charge in [0.2, 0.25) is 0 Å². The van der Waals surface area contributed by atoms with Gasteiger partial charge in [0.1, 0.15) is 0 Å². The lowest BCUT2D eigenvalue weighted by molar-refractivity contribution is 0.241. The standard InChI is InChI=1S/C20H43N3/c1-2-3-4-5-6-7-8-9-10-11-12-13-14-21-15-18-23-19-16-22-17-20-23/h21-22H,2-20H2,1H3. The van der Waals surface area contributed by atoms with Gasteiger partial charge >= 0.3 is 0 Å². The average Bonchev–Trinajstić information content (AvgIpc) is 2.59. The molecule has 0 aromatic rings. The van der Waals surface area contributed by atoms with E-state index in [1.807, 2.05) is 0 Å². The topological polar surface area (TPSA) is 27.3 Å². The molecule has 0 saturated carbocycles. The Morgan fingerprint density at radius 3 is 1.78 bits per heavy atom. The summed E-state index contributed by atoms with van der Waals surface area (Å²) in [6, 6.07) is 0. The molecule has 2 N–H and O–H groups in total. The first-order valence-electron chi connectivity index (χ1n) is 10.6. The zero-order valence-electron chi connectivity index (χ0n) is 15.9. The van der Waals surface area contributed by atoms with Crippen molar-refractivity contribution in [2.24, 2.45) is 0 Å². The summed E-state index contributed by atoms with van der Waals surface area (Å²) in [7, 11) is 0. The molecule has 1 fully saturated rings. The second kappa shape index (κ2) is 16.7. The quantitative estimate of drug-likeness (QED) is 0.417. The van der Waals surface area contributed by atoms with Gasteiger partial charge in [0.25, 0.3) is 0 Å². The van der Waals surface area contributed by atoms with E-state index in [0.29, 0.717) is 0 Å². The summed E-state index contributed by atoms with van der Waals surface area (Å²) < 4.78 is 0. The molecule has 0 aromatic carbocycles. The second-order valence-electron chi connectivity index (χ2n) is 7.23. The van der Waals surface area contributed by atoms with Gasteiger partial charge in [-0.3, -0.25) is 4.90 Å². The molecular weight excluding hydrogens is 282 g/mol. The van der Waals surface area contributed by atoms with E-state index in [9.17, 15) is 0 Å². The molecule has 1 rings (SSSR count). The Labute approximate surface area is 146 Å². The molecule has 0 amide bonds. The molecule has 1 aliphatic heterocycles. The van der Waals surface area contributed by atoms with Crippen LogP contribution in [0.25, 0.3) is 0 Å². The van der Waals surface area contributed by atoms with E-state index in [4.69, 9.17) is 0 Å². The molecule has 0 radical (unpaired) electrons. The van der Waals surface area contributed by atoms with Crippen molar-refractivity contribution < 1.29 is 0 Å². The van der Waals surface area contributed by atoms with Gasteiger partial charge in [-0.15, -0.1) is 0 Å². The number of nitrogens with one attached hydrogen (secondary N) is 2. The Morgan fingerprint density at radius 1 is 0.696 bits per heavy atom. The van der Waals surface area contributed by atoms with Gasteiger partial charge in [-0.05, 0) is 13.0 Å². The zero-order chi connectivity index (χ0) is 16.4. The molecule has 0 spiro atoms. The Kier molecular flexibility index (Phi) is 15.2. The SMILES string of the molecule is CCCCCCCCCCCCCCNCCN1CCNCC1. The lowest BCUT2D eigenvalue weighted by Crippen LogP contribution is -2.45. The number of unbranched alkanes of at least 4 members (excludes halogenated alkanes) is 11. The summed E-state index contributed by atoms with van der Waals surface area (Å²) in [5.41, 5.74) is 0. The van der Waals surface area contributed by atoms with Crippen molar-refractivity contribution in [1.29, 1.82) is 0 Å². The Bertz CT molecular complexity index is 227. The smallest absolute Gasteiger partial charge is 0.0108 e. The maximum absolute atomic E-state index is 3.61. The summed E-state index contributed by atoms with van der Waals surface area (Å²) >= 11 is 0. The summed E-state index contributed by atoms with van der Waals surface area (Å²) in [5.74, 6) is 0. The van der Waals surface area contributed by atoms with Crippen LogP contribution >= 0.6 is 0 Å². The van der Waals surface area contributed by atoms with E-state index >= 15 is 0 Å². The predicted octanol–water partition coefficient (Wildman–Crippen LogP) is 4.18. The predicted molar refractivity (Wildman–Crippen MR) is 103 cm³/mol. The molecule has 138 valence electrons. The van der Waals surface area contributed by atoms with Gasteiger partial charge in [-0.25, -0.2) is 0 Å². The number of hydrogen-bond donors (Lipinski definition) is 2. The van der Waals surface area contributed by atoms with Crippen LogP contribution in [0.4, 0.5) is 0 Å². The highest BCUT2D eigenvalue weighted by atomic mass is 15.2. The minimum Gasteiger partial charge on any atom is -0.315 e. The van der Waals surface area contributed by atoms with Crippen LogP contribution in [0, 0.1) is 0 Å². The lowest BCUT2D eigenvalue weighted by Gasteiger charge is -2.27. The minimum atomic E-state index is 1.16. The Balaban J connectivity index is 1.67. The molecule has 0 atom stereocenters. The van der Waals surface area contributed by atoms with Crippen molar-refractivity contribution in [3.63, 3.8) is 0 Å². The van der Waals surface area contributed by atoms with E-state index in [0.717, 1.165) is 6.54 Å². The van der Waals surface area contributed by atoms with E-state index in [-0.39, 0.29) is 0 Å². The summed E-state index contributed by atoms with van der Waals surface area (Å²) in [4.78, 5) is 2.56. The van der Waals surface area contributed by atoms with Gasteiger partial charge in [0.15, 0.2) is 0 Å². The third kappa shape index (κ3) is 14.0. The largest absolute Gasteiger partial charge is 0.315 e. The molecule has 3 nitrogen and oxygen atoms in total. The van der Waals surface area contributed by atoms with Crippen molar-refractivity contribution in [3.8, 4) is 0 Å². The summed E-state index contributed by atoms with van der Waals surface area (Å²) in [6.45, 7) is 10.7. The van der Waals surface area contributed by atoms with Gasteiger partial charge in [-0.1, -0.05) is 77.6 Å². The van der Waals surface area contributed by atoms with Gasteiger partial charge < -0.3 is 10.6 Å². The highest BCUT2D eigenvalue weighted by Crippen LogP contribution is 2.11. The molecular formula is C20H43N3. The molecule has 23 heavy (non-hydrogen) atoms. The van der Waals surface area contributed by atoms with Crippen LogP contribution in [0.5, 0.6) is 0 Å². The van der Waals surface area contributed by atoms with Crippen LogP contribution in [0.15, 0.2) is 0 Å². The highest BCUT2D eigenvalue weighted by Gasteiger charge is 2.07. The number of nitrogens with zero attached hydrogens (tertiary/aromatic N) is 1. The molecule has 0 aliphatic carbocycles. The first-order valence-corrected chi connectivity index (χ1v) is 10.6. The van der Waals surface area contributed by atoms with Crippen molar-refractivity contribution in [2.45, 2.75) is 84.0 Å². The maximum Gasteiger partial charge on any atom is 0.0108 e. The van der Waals surface area contributed by atoms with Gasteiger partial charge in [0.05, 0.1) is 0 Å². The summed E-state index contributed by atoms with van der Waals surface area (Å²) in [6.07, 6.45) is 17.3. The molecule has 3 heteroatoms. The molecule has 0 bridgehead atoms. The Hall–Kier alpha value is -0.120. The maximum atomic E-state index is 3.61. The van der Waals surface area contributed by atoms with Crippen molar-refractivity contribution in [2.75, 3.05) is 45.8 Å². The van der Waals surface area contributed by atoms with Crippen molar-refractivity contribution >= 4 is 0 Å². The van der Waals surface area contributed by atoms with Crippen LogP contribution in [-0.4, -0.2) is 50.7 Å². The fourth-order valence-corrected chi connectivity index (χ4v) is 3.39. The van der Waals surface area contributed by atoms with E-state index in [1.54, 1.807) is 0 Å². The van der Waals surface area contributed by atoms with Gasteiger partial charge in [0, 0.05) is 39.3 Å².